The number of nitrogens with zero attached hydrogens (tertiary/aromatic N) is 2. The molecule has 0 spiro atoms. The van der Waals surface area contributed by atoms with E-state index in [1.54, 1.807) is 0 Å². The van der Waals surface area contributed by atoms with Crippen LogP contribution in [0, 0.1) is 0 Å². The number of hydrogen-bond acceptors (Lipinski definition) is 3. The van der Waals surface area contributed by atoms with Crippen LogP contribution in [0.4, 0.5) is 5.82 Å². The molecule has 0 unspecified atom stereocenters. The molecule has 2 rings (SSSR count). The molecule has 1 aromatic rings. The molecule has 0 aliphatic carbocycles. The smallest absolute Gasteiger partial charge is 0.128 e. The Hall–Kier alpha value is -1.09. The molecule has 15 heavy (non-hydrogen) atoms. The van der Waals surface area contributed by atoms with Crippen molar-refractivity contribution in [2.45, 2.75) is 32.3 Å². The molecule has 1 aromatic heterocycles. The van der Waals surface area contributed by atoms with E-state index in [4.69, 9.17) is 0 Å². The molecule has 1 saturated heterocycles. The van der Waals surface area contributed by atoms with E-state index >= 15 is 0 Å². The van der Waals surface area contributed by atoms with Gasteiger partial charge in [-0.15, -0.1) is 0 Å². The van der Waals surface area contributed by atoms with Crippen molar-refractivity contribution in [1.82, 2.24) is 4.98 Å². The van der Waals surface area contributed by atoms with Gasteiger partial charge in [-0.1, -0.05) is 6.92 Å². The fourth-order valence-corrected chi connectivity index (χ4v) is 1.95. The number of aliphatic hydroxyl groups excluding tert-OH is 1. The third-order valence-corrected chi connectivity index (χ3v) is 3.01. The van der Waals surface area contributed by atoms with Gasteiger partial charge in [0, 0.05) is 19.3 Å². The molecule has 3 nitrogen and oxygen atoms in total. The van der Waals surface area contributed by atoms with E-state index in [1.165, 1.54) is 5.56 Å². The second-order valence-electron chi connectivity index (χ2n) is 4.09. The molecule has 0 saturated carbocycles. The van der Waals surface area contributed by atoms with Crippen molar-refractivity contribution in [3.05, 3.63) is 23.9 Å². The van der Waals surface area contributed by atoms with E-state index in [0.717, 1.165) is 38.2 Å². The van der Waals surface area contributed by atoms with E-state index in [1.807, 2.05) is 6.20 Å². The summed E-state index contributed by atoms with van der Waals surface area (Å²) < 4.78 is 0. The van der Waals surface area contributed by atoms with Gasteiger partial charge in [-0.05, 0) is 37.0 Å². The van der Waals surface area contributed by atoms with Crippen molar-refractivity contribution in [2.75, 3.05) is 18.0 Å². The zero-order chi connectivity index (χ0) is 10.7. The summed E-state index contributed by atoms with van der Waals surface area (Å²) in [6.45, 7) is 3.99. The minimum atomic E-state index is -0.115. The van der Waals surface area contributed by atoms with Crippen molar-refractivity contribution >= 4 is 5.82 Å². The molecule has 0 radical (unpaired) electrons. The monoisotopic (exact) mass is 206 g/mol. The molecule has 82 valence electrons. The second-order valence-corrected chi connectivity index (χ2v) is 4.09. The van der Waals surface area contributed by atoms with Gasteiger partial charge in [0.2, 0.25) is 0 Å². The van der Waals surface area contributed by atoms with E-state index < -0.39 is 0 Å². The standard InChI is InChI=1S/C12H18N2O/c1-2-10-3-6-13-12(9-10)14-7-4-11(15)5-8-14/h3,6,9,11,15H,2,4-5,7-8H2,1H3. The Labute approximate surface area is 90.8 Å². The molecule has 1 aliphatic rings. The van der Waals surface area contributed by atoms with Crippen molar-refractivity contribution in [3.8, 4) is 0 Å². The quantitative estimate of drug-likeness (QED) is 0.798. The van der Waals surface area contributed by atoms with Gasteiger partial charge in [0.1, 0.15) is 5.82 Å². The molecule has 0 amide bonds. The Bertz CT molecular complexity index is 319. The van der Waals surface area contributed by atoms with Crippen LogP contribution in [-0.4, -0.2) is 29.3 Å². The highest BCUT2D eigenvalue weighted by molar-refractivity contribution is 5.41. The zero-order valence-corrected chi connectivity index (χ0v) is 9.19. The molecule has 2 heterocycles. The van der Waals surface area contributed by atoms with Gasteiger partial charge in [0.25, 0.3) is 0 Å². The molecule has 1 N–H and O–H groups in total. The third-order valence-electron chi connectivity index (χ3n) is 3.01. The molecular formula is C12H18N2O. The number of rotatable bonds is 2. The van der Waals surface area contributed by atoms with Crippen molar-refractivity contribution < 1.29 is 5.11 Å². The van der Waals surface area contributed by atoms with E-state index in [2.05, 4.69) is 28.9 Å². The average Bonchev–Trinajstić information content (AvgIpc) is 2.30. The fraction of sp³-hybridized carbons (Fsp3) is 0.583. The van der Waals surface area contributed by atoms with Crippen LogP contribution in [0.25, 0.3) is 0 Å². The maximum Gasteiger partial charge on any atom is 0.128 e. The lowest BCUT2D eigenvalue weighted by atomic mass is 10.1. The van der Waals surface area contributed by atoms with Gasteiger partial charge >= 0.3 is 0 Å². The number of aliphatic hydroxyl groups is 1. The van der Waals surface area contributed by atoms with Crippen molar-refractivity contribution in [2.24, 2.45) is 0 Å². The molecule has 1 fully saturated rings. The van der Waals surface area contributed by atoms with E-state index in [0.29, 0.717) is 0 Å². The van der Waals surface area contributed by atoms with Crippen molar-refractivity contribution in [1.29, 1.82) is 0 Å². The van der Waals surface area contributed by atoms with E-state index in [9.17, 15) is 5.11 Å². The topological polar surface area (TPSA) is 36.4 Å². The van der Waals surface area contributed by atoms with Gasteiger partial charge in [0.15, 0.2) is 0 Å². The third kappa shape index (κ3) is 2.48. The Morgan fingerprint density at radius 2 is 2.20 bits per heavy atom. The first-order valence-corrected chi connectivity index (χ1v) is 5.67. The SMILES string of the molecule is CCc1ccnc(N2CCC(O)CC2)c1. The maximum absolute atomic E-state index is 9.43. The number of hydrogen-bond donors (Lipinski definition) is 1. The van der Waals surface area contributed by atoms with Crippen LogP contribution in [0.1, 0.15) is 25.3 Å². The van der Waals surface area contributed by atoms with Crippen LogP contribution in [0.15, 0.2) is 18.3 Å². The summed E-state index contributed by atoms with van der Waals surface area (Å²) in [5.41, 5.74) is 1.33. The molecule has 3 heteroatoms. The Morgan fingerprint density at radius 1 is 1.47 bits per heavy atom. The number of pyridine rings is 1. The number of piperidine rings is 1. The van der Waals surface area contributed by atoms with Crippen LogP contribution in [0.2, 0.25) is 0 Å². The first kappa shape index (κ1) is 10.4. The van der Waals surface area contributed by atoms with Gasteiger partial charge < -0.3 is 10.0 Å². The maximum atomic E-state index is 9.43. The summed E-state index contributed by atoms with van der Waals surface area (Å²) in [6.07, 6.45) is 4.52. The van der Waals surface area contributed by atoms with Crippen molar-refractivity contribution in [3.63, 3.8) is 0 Å². The lowest BCUT2D eigenvalue weighted by Crippen LogP contribution is -2.36. The summed E-state index contributed by atoms with van der Waals surface area (Å²) in [5, 5.41) is 9.43. The highest BCUT2D eigenvalue weighted by Gasteiger charge is 2.17. The number of aryl methyl sites for hydroxylation is 1. The van der Waals surface area contributed by atoms with Gasteiger partial charge in [-0.2, -0.15) is 0 Å². The molecule has 0 aromatic carbocycles. The Kier molecular flexibility index (Phi) is 3.21. The number of anilines is 1. The summed E-state index contributed by atoms with van der Waals surface area (Å²) in [5.74, 6) is 1.06. The summed E-state index contributed by atoms with van der Waals surface area (Å²) in [6, 6.07) is 4.21. The zero-order valence-electron chi connectivity index (χ0n) is 9.19. The summed E-state index contributed by atoms with van der Waals surface area (Å²) >= 11 is 0. The molecule has 0 atom stereocenters. The molecule has 0 bridgehead atoms. The minimum absolute atomic E-state index is 0.115. The van der Waals surface area contributed by atoms with Crippen LogP contribution < -0.4 is 4.90 Å². The predicted molar refractivity (Wildman–Crippen MR) is 61.1 cm³/mol. The largest absolute Gasteiger partial charge is 0.393 e. The first-order valence-electron chi connectivity index (χ1n) is 5.67. The summed E-state index contributed by atoms with van der Waals surface area (Å²) in [7, 11) is 0. The minimum Gasteiger partial charge on any atom is -0.393 e. The van der Waals surface area contributed by atoms with Gasteiger partial charge in [0.05, 0.1) is 6.10 Å². The van der Waals surface area contributed by atoms with E-state index in [-0.39, 0.29) is 6.10 Å². The lowest BCUT2D eigenvalue weighted by Gasteiger charge is -2.30. The highest BCUT2D eigenvalue weighted by Crippen LogP contribution is 2.18. The predicted octanol–water partition coefficient (Wildman–Crippen LogP) is 1.61. The van der Waals surface area contributed by atoms with Gasteiger partial charge in [-0.3, -0.25) is 0 Å². The summed E-state index contributed by atoms with van der Waals surface area (Å²) in [4.78, 5) is 6.64. The average molecular weight is 206 g/mol. The number of aromatic nitrogens is 1. The Balaban J connectivity index is 2.08. The highest BCUT2D eigenvalue weighted by atomic mass is 16.3. The lowest BCUT2D eigenvalue weighted by molar-refractivity contribution is 0.145. The van der Waals surface area contributed by atoms with Crippen LogP contribution >= 0.6 is 0 Å². The van der Waals surface area contributed by atoms with Crippen LogP contribution in [-0.2, 0) is 6.42 Å². The molecule has 1 aliphatic heterocycles. The van der Waals surface area contributed by atoms with Crippen LogP contribution in [0.5, 0.6) is 0 Å². The van der Waals surface area contributed by atoms with Gasteiger partial charge in [-0.25, -0.2) is 4.98 Å². The Morgan fingerprint density at radius 3 is 2.87 bits per heavy atom. The first-order chi connectivity index (χ1) is 7.29. The normalized spacial score (nSPS) is 18.1. The fourth-order valence-electron chi connectivity index (χ4n) is 1.95. The molecular weight excluding hydrogens is 188 g/mol. The van der Waals surface area contributed by atoms with Crippen LogP contribution in [0.3, 0.4) is 0 Å². The second kappa shape index (κ2) is 4.62.